The number of fused-ring (bicyclic) bond motifs is 1. The van der Waals surface area contributed by atoms with Crippen molar-refractivity contribution < 1.29 is 19.1 Å². The first-order valence-corrected chi connectivity index (χ1v) is 9.33. The van der Waals surface area contributed by atoms with Gasteiger partial charge in [-0.15, -0.1) is 0 Å². The topological polar surface area (TPSA) is 68.7 Å². The third-order valence-corrected chi connectivity index (χ3v) is 5.05. The average Bonchev–Trinajstić information content (AvgIpc) is 2.66. The molecule has 27 heavy (non-hydrogen) atoms. The van der Waals surface area contributed by atoms with Crippen LogP contribution in [0.2, 0.25) is 0 Å². The number of hydrogen-bond acceptors (Lipinski definition) is 5. The van der Waals surface area contributed by atoms with Crippen LogP contribution >= 0.6 is 0 Å². The Morgan fingerprint density at radius 2 is 2.07 bits per heavy atom. The quantitative estimate of drug-likeness (QED) is 0.757. The molecule has 0 spiro atoms. The van der Waals surface area contributed by atoms with E-state index < -0.39 is 5.97 Å². The Bertz CT molecular complexity index is 849. The molecule has 1 unspecified atom stereocenters. The molecule has 0 bridgehead atoms. The average molecular weight is 370 g/mol. The minimum absolute atomic E-state index is 0.144. The Hall–Kier alpha value is -2.47. The van der Waals surface area contributed by atoms with Crippen LogP contribution in [-0.4, -0.2) is 48.6 Å². The largest absolute Gasteiger partial charge is 0.452 e. The Balaban J connectivity index is 1.79. The molecule has 0 saturated carbocycles. The molecule has 1 aromatic carbocycles. The van der Waals surface area contributed by atoms with Gasteiger partial charge in [-0.25, -0.2) is 9.78 Å². The van der Waals surface area contributed by atoms with E-state index in [0.717, 1.165) is 42.4 Å². The zero-order chi connectivity index (χ0) is 19.4. The lowest BCUT2D eigenvalue weighted by molar-refractivity contribution is -0.136. The van der Waals surface area contributed by atoms with Crippen molar-refractivity contribution in [1.82, 2.24) is 9.88 Å². The first-order chi connectivity index (χ1) is 13.0. The number of aryl methyl sites for hydroxylation is 1. The van der Waals surface area contributed by atoms with Gasteiger partial charge in [0.2, 0.25) is 0 Å². The Labute approximate surface area is 159 Å². The molecule has 0 aliphatic carbocycles. The highest BCUT2D eigenvalue weighted by Crippen LogP contribution is 2.24. The zero-order valence-electron chi connectivity index (χ0n) is 16.2. The van der Waals surface area contributed by atoms with Crippen molar-refractivity contribution in [1.29, 1.82) is 0 Å². The molecule has 0 N–H and O–H groups in total. The monoisotopic (exact) mass is 370 g/mol. The van der Waals surface area contributed by atoms with Crippen LogP contribution in [0.4, 0.5) is 0 Å². The van der Waals surface area contributed by atoms with Gasteiger partial charge in [-0.05, 0) is 37.3 Å². The van der Waals surface area contributed by atoms with Crippen LogP contribution in [0.25, 0.3) is 10.9 Å². The highest BCUT2D eigenvalue weighted by atomic mass is 16.5. The number of amides is 1. The third-order valence-electron chi connectivity index (χ3n) is 5.05. The lowest BCUT2D eigenvalue weighted by atomic mass is 10.0. The number of aromatic nitrogens is 1. The summed E-state index contributed by atoms with van der Waals surface area (Å²) in [4.78, 5) is 31.5. The summed E-state index contributed by atoms with van der Waals surface area (Å²) in [6.45, 7) is 5.41. The normalized spacial score (nSPS) is 17.1. The van der Waals surface area contributed by atoms with Crippen molar-refractivity contribution in [2.24, 2.45) is 5.92 Å². The van der Waals surface area contributed by atoms with E-state index in [1.54, 1.807) is 12.0 Å². The third kappa shape index (κ3) is 4.27. The number of likely N-dealkylation sites (tertiary alicyclic amines) is 1. The molecule has 1 aliphatic heterocycles. The maximum absolute atomic E-state index is 12.8. The lowest BCUT2D eigenvalue weighted by Crippen LogP contribution is -2.41. The van der Waals surface area contributed by atoms with Crippen molar-refractivity contribution in [3.63, 3.8) is 0 Å². The molecule has 1 atom stereocenters. The minimum atomic E-state index is -0.531. The van der Waals surface area contributed by atoms with Crippen LogP contribution in [-0.2, 0) is 20.9 Å². The van der Waals surface area contributed by atoms with Crippen LogP contribution in [0, 0.1) is 12.8 Å². The molecule has 0 radical (unpaired) electrons. The zero-order valence-corrected chi connectivity index (χ0v) is 16.2. The van der Waals surface area contributed by atoms with E-state index >= 15 is 0 Å². The van der Waals surface area contributed by atoms with Gasteiger partial charge in [-0.3, -0.25) is 4.79 Å². The molecule has 3 rings (SSSR count). The summed E-state index contributed by atoms with van der Waals surface area (Å²) in [5, 5.41) is 0.889. The molecule has 6 heteroatoms. The molecule has 144 valence electrons. The van der Waals surface area contributed by atoms with Crippen LogP contribution in [0.5, 0.6) is 0 Å². The Kier molecular flexibility index (Phi) is 6.06. The fraction of sp³-hybridized carbons (Fsp3) is 0.476. The number of methoxy groups -OCH3 is 1. The van der Waals surface area contributed by atoms with Crippen LogP contribution < -0.4 is 0 Å². The van der Waals surface area contributed by atoms with Crippen LogP contribution in [0.15, 0.2) is 24.3 Å². The van der Waals surface area contributed by atoms with Gasteiger partial charge in [-0.1, -0.05) is 25.1 Å². The number of nitrogens with zero attached hydrogens (tertiary/aromatic N) is 2. The number of para-hydroxylation sites is 1. The van der Waals surface area contributed by atoms with E-state index in [0.29, 0.717) is 17.2 Å². The number of piperidine rings is 1. The smallest absolute Gasteiger partial charge is 0.340 e. The molecule has 1 aliphatic rings. The predicted octanol–water partition coefficient (Wildman–Crippen LogP) is 3.10. The molecule has 1 saturated heterocycles. The fourth-order valence-electron chi connectivity index (χ4n) is 3.66. The number of hydrogen-bond donors (Lipinski definition) is 0. The molecule has 2 heterocycles. The van der Waals surface area contributed by atoms with Gasteiger partial charge in [-0.2, -0.15) is 0 Å². The van der Waals surface area contributed by atoms with Crippen molar-refractivity contribution in [2.75, 3.05) is 26.8 Å². The first-order valence-electron chi connectivity index (χ1n) is 9.33. The van der Waals surface area contributed by atoms with Crippen LogP contribution in [0.1, 0.15) is 41.4 Å². The Morgan fingerprint density at radius 3 is 2.81 bits per heavy atom. The maximum atomic E-state index is 12.8. The van der Waals surface area contributed by atoms with Gasteiger partial charge in [0.15, 0.2) is 6.61 Å². The number of esters is 1. The molecule has 1 amide bonds. The van der Waals surface area contributed by atoms with E-state index in [1.165, 1.54) is 0 Å². The number of carbonyl (C=O) groups is 2. The molecular weight excluding hydrogens is 344 g/mol. The molecular formula is C21H26N2O4. The fourth-order valence-corrected chi connectivity index (χ4v) is 3.66. The summed E-state index contributed by atoms with van der Waals surface area (Å²) >= 11 is 0. The summed E-state index contributed by atoms with van der Waals surface area (Å²) in [5.41, 5.74) is 2.50. The van der Waals surface area contributed by atoms with Gasteiger partial charge in [0.1, 0.15) is 0 Å². The summed E-state index contributed by atoms with van der Waals surface area (Å²) in [5.74, 6) is -0.190. The van der Waals surface area contributed by atoms with E-state index in [-0.39, 0.29) is 19.1 Å². The summed E-state index contributed by atoms with van der Waals surface area (Å²) in [7, 11) is 1.56. The highest BCUT2D eigenvalue weighted by molar-refractivity contribution is 5.99. The molecule has 6 nitrogen and oxygen atoms in total. The molecule has 2 aromatic rings. The van der Waals surface area contributed by atoms with Crippen molar-refractivity contribution in [3.05, 3.63) is 41.1 Å². The van der Waals surface area contributed by atoms with Crippen LogP contribution in [0.3, 0.4) is 0 Å². The van der Waals surface area contributed by atoms with Gasteiger partial charge in [0.25, 0.3) is 5.91 Å². The first kappa shape index (κ1) is 19.3. The lowest BCUT2D eigenvalue weighted by Gasteiger charge is -2.30. The SMILES string of the molecule is COCc1nc2ccccc2c(C)c1C(=O)OCC(=O)N1CCCC(C)C1. The predicted molar refractivity (Wildman–Crippen MR) is 102 cm³/mol. The number of ether oxygens (including phenoxy) is 2. The van der Waals surface area contributed by atoms with Crippen molar-refractivity contribution in [2.45, 2.75) is 33.3 Å². The number of carbonyl (C=O) groups excluding carboxylic acids is 2. The molecule has 1 aromatic heterocycles. The maximum Gasteiger partial charge on any atom is 0.340 e. The van der Waals surface area contributed by atoms with E-state index in [4.69, 9.17) is 9.47 Å². The second-order valence-electron chi connectivity index (χ2n) is 7.17. The van der Waals surface area contributed by atoms with Gasteiger partial charge in [0, 0.05) is 25.6 Å². The number of pyridine rings is 1. The minimum Gasteiger partial charge on any atom is -0.452 e. The van der Waals surface area contributed by atoms with E-state index in [2.05, 4.69) is 11.9 Å². The number of benzene rings is 1. The second kappa shape index (κ2) is 8.48. The van der Waals surface area contributed by atoms with Gasteiger partial charge >= 0.3 is 5.97 Å². The van der Waals surface area contributed by atoms with Crippen molar-refractivity contribution in [3.8, 4) is 0 Å². The van der Waals surface area contributed by atoms with Gasteiger partial charge in [0.05, 0.1) is 23.4 Å². The number of rotatable bonds is 5. The Morgan fingerprint density at radius 1 is 1.30 bits per heavy atom. The second-order valence-corrected chi connectivity index (χ2v) is 7.17. The molecule has 1 fully saturated rings. The highest BCUT2D eigenvalue weighted by Gasteiger charge is 2.24. The van der Waals surface area contributed by atoms with Gasteiger partial charge < -0.3 is 14.4 Å². The van der Waals surface area contributed by atoms with E-state index in [9.17, 15) is 9.59 Å². The summed E-state index contributed by atoms with van der Waals surface area (Å²) < 4.78 is 10.6. The summed E-state index contributed by atoms with van der Waals surface area (Å²) in [6.07, 6.45) is 2.12. The standard InChI is InChI=1S/C21H26N2O4/c1-14-7-6-10-23(11-14)19(24)13-27-21(25)20-15(2)16-8-4-5-9-17(16)22-18(20)12-26-3/h4-5,8-9,14H,6-7,10-13H2,1-3H3. The summed E-state index contributed by atoms with van der Waals surface area (Å²) in [6, 6.07) is 7.63. The van der Waals surface area contributed by atoms with E-state index in [1.807, 2.05) is 31.2 Å². The van der Waals surface area contributed by atoms with Crippen molar-refractivity contribution >= 4 is 22.8 Å².